The second kappa shape index (κ2) is 10.0. The maximum absolute atomic E-state index is 12.8. The predicted octanol–water partition coefficient (Wildman–Crippen LogP) is 2.26. The fourth-order valence-corrected chi connectivity index (χ4v) is 5.09. The molecule has 1 aliphatic rings. The van der Waals surface area contributed by atoms with Crippen LogP contribution in [0.3, 0.4) is 0 Å². The van der Waals surface area contributed by atoms with Crippen LogP contribution in [0, 0.1) is 20.8 Å². The molecule has 0 bridgehead atoms. The van der Waals surface area contributed by atoms with Gasteiger partial charge in [0.1, 0.15) is 0 Å². The van der Waals surface area contributed by atoms with Crippen molar-refractivity contribution in [1.82, 2.24) is 14.1 Å². The molecule has 0 aromatic heterocycles. The van der Waals surface area contributed by atoms with Crippen LogP contribution in [0.15, 0.2) is 41.3 Å². The summed E-state index contributed by atoms with van der Waals surface area (Å²) >= 11 is 0. The number of hydrogen-bond donors (Lipinski definition) is 1. The molecule has 3 rings (SSSR count). The first-order valence-corrected chi connectivity index (χ1v) is 12.3. The lowest BCUT2D eigenvalue weighted by atomic mass is 10.1. The fourth-order valence-electron chi connectivity index (χ4n) is 3.95. The van der Waals surface area contributed by atoms with Crippen molar-refractivity contribution in [2.45, 2.75) is 25.7 Å². The zero-order valence-electron chi connectivity index (χ0n) is 19.9. The predicted molar refractivity (Wildman–Crippen MR) is 129 cm³/mol. The summed E-state index contributed by atoms with van der Waals surface area (Å²) in [4.78, 5) is 29.4. The van der Waals surface area contributed by atoms with E-state index < -0.39 is 10.0 Å². The number of amides is 2. The average molecular weight is 473 g/mol. The second-order valence-corrected chi connectivity index (χ2v) is 10.9. The Morgan fingerprint density at radius 1 is 0.939 bits per heavy atom. The molecule has 1 aliphatic heterocycles. The number of piperazine rings is 1. The number of nitrogens with zero attached hydrogens (tertiary/aromatic N) is 3. The Hall–Kier alpha value is -2.75. The number of nitrogens with one attached hydrogen (secondary N) is 1. The normalized spacial score (nSPS) is 15.0. The maximum atomic E-state index is 12.8. The third kappa shape index (κ3) is 5.98. The van der Waals surface area contributed by atoms with Crippen LogP contribution in [0.5, 0.6) is 0 Å². The standard InChI is InChI=1S/C24H32N4O4S/c1-17-12-18(2)14-20(13-17)24(30)28-10-8-27(9-11-28)16-23(29)25-21-7-6-19(3)22(15-21)33(31,32)26(4)5/h6-7,12-15H,8-11,16H2,1-5H3,(H,25,29). The van der Waals surface area contributed by atoms with Crippen LogP contribution < -0.4 is 5.32 Å². The Morgan fingerprint density at radius 2 is 1.55 bits per heavy atom. The molecule has 1 N–H and O–H groups in total. The molecular formula is C24H32N4O4S. The van der Waals surface area contributed by atoms with Gasteiger partial charge in [-0.15, -0.1) is 0 Å². The monoisotopic (exact) mass is 472 g/mol. The smallest absolute Gasteiger partial charge is 0.253 e. The number of carbonyl (C=O) groups excluding carboxylic acids is 2. The molecular weight excluding hydrogens is 440 g/mol. The summed E-state index contributed by atoms with van der Waals surface area (Å²) in [6.45, 7) is 8.15. The molecule has 1 heterocycles. The molecule has 9 heteroatoms. The van der Waals surface area contributed by atoms with Crippen molar-refractivity contribution in [1.29, 1.82) is 0 Å². The van der Waals surface area contributed by atoms with E-state index in [2.05, 4.69) is 5.32 Å². The molecule has 0 radical (unpaired) electrons. The summed E-state index contributed by atoms with van der Waals surface area (Å²) in [5.41, 5.74) is 3.88. The molecule has 1 saturated heterocycles. The van der Waals surface area contributed by atoms with Crippen LogP contribution in [0.2, 0.25) is 0 Å². The number of sulfonamides is 1. The van der Waals surface area contributed by atoms with Gasteiger partial charge < -0.3 is 10.2 Å². The number of anilines is 1. The van der Waals surface area contributed by atoms with Gasteiger partial charge in [-0.25, -0.2) is 12.7 Å². The molecule has 0 unspecified atom stereocenters. The highest BCUT2D eigenvalue weighted by Gasteiger charge is 2.24. The van der Waals surface area contributed by atoms with E-state index in [9.17, 15) is 18.0 Å². The Kier molecular flexibility index (Phi) is 7.56. The van der Waals surface area contributed by atoms with Gasteiger partial charge in [-0.2, -0.15) is 0 Å². The molecule has 2 aromatic carbocycles. The van der Waals surface area contributed by atoms with Crippen molar-refractivity contribution in [3.63, 3.8) is 0 Å². The van der Waals surface area contributed by atoms with Gasteiger partial charge in [0.15, 0.2) is 0 Å². The van der Waals surface area contributed by atoms with E-state index in [1.165, 1.54) is 20.2 Å². The summed E-state index contributed by atoms with van der Waals surface area (Å²) < 4.78 is 26.2. The van der Waals surface area contributed by atoms with Gasteiger partial charge in [-0.3, -0.25) is 14.5 Å². The van der Waals surface area contributed by atoms with Gasteiger partial charge in [0.2, 0.25) is 15.9 Å². The molecule has 1 fully saturated rings. The largest absolute Gasteiger partial charge is 0.336 e. The summed E-state index contributed by atoms with van der Waals surface area (Å²) in [7, 11) is -0.648. The minimum Gasteiger partial charge on any atom is -0.336 e. The zero-order valence-corrected chi connectivity index (χ0v) is 20.7. The molecule has 0 aliphatic carbocycles. The van der Waals surface area contributed by atoms with Gasteiger partial charge in [0.05, 0.1) is 11.4 Å². The number of rotatable bonds is 6. The Labute approximate surface area is 196 Å². The first-order chi connectivity index (χ1) is 15.5. The third-order valence-electron chi connectivity index (χ3n) is 5.73. The molecule has 2 amide bonds. The van der Waals surface area contributed by atoms with Crippen LogP contribution >= 0.6 is 0 Å². The summed E-state index contributed by atoms with van der Waals surface area (Å²) in [5.74, 6) is -0.207. The Balaban J connectivity index is 1.57. The maximum Gasteiger partial charge on any atom is 0.253 e. The van der Waals surface area contributed by atoms with Crippen molar-refractivity contribution in [3.05, 3.63) is 58.7 Å². The van der Waals surface area contributed by atoms with Gasteiger partial charge in [0.25, 0.3) is 5.91 Å². The SMILES string of the molecule is Cc1cc(C)cc(C(=O)N2CCN(CC(=O)Nc3ccc(C)c(S(=O)(=O)N(C)C)c3)CC2)c1. The quantitative estimate of drug-likeness (QED) is 0.697. The van der Waals surface area contributed by atoms with Crippen molar-refractivity contribution < 1.29 is 18.0 Å². The second-order valence-electron chi connectivity index (χ2n) is 8.76. The first kappa shape index (κ1) is 24.9. The van der Waals surface area contributed by atoms with Gasteiger partial charge >= 0.3 is 0 Å². The van der Waals surface area contributed by atoms with E-state index in [4.69, 9.17) is 0 Å². The van der Waals surface area contributed by atoms with Crippen LogP contribution in [0.1, 0.15) is 27.0 Å². The highest BCUT2D eigenvalue weighted by atomic mass is 32.2. The van der Waals surface area contributed by atoms with Crippen LogP contribution in [-0.2, 0) is 14.8 Å². The van der Waals surface area contributed by atoms with E-state index in [0.717, 1.165) is 15.4 Å². The summed E-state index contributed by atoms with van der Waals surface area (Å²) in [6, 6.07) is 10.7. The number of benzene rings is 2. The average Bonchev–Trinajstić information content (AvgIpc) is 2.74. The van der Waals surface area contributed by atoms with Gasteiger partial charge in [0, 0.05) is 51.5 Å². The summed E-state index contributed by atoms with van der Waals surface area (Å²) in [5, 5.41) is 2.80. The molecule has 0 atom stereocenters. The zero-order chi connectivity index (χ0) is 24.3. The van der Waals surface area contributed by atoms with Crippen molar-refractivity contribution >= 4 is 27.5 Å². The lowest BCUT2D eigenvalue weighted by Crippen LogP contribution is -2.50. The third-order valence-corrected chi connectivity index (χ3v) is 7.68. The van der Waals surface area contributed by atoms with E-state index in [-0.39, 0.29) is 23.3 Å². The van der Waals surface area contributed by atoms with Crippen LogP contribution in [0.25, 0.3) is 0 Å². The molecule has 33 heavy (non-hydrogen) atoms. The van der Waals surface area contributed by atoms with E-state index >= 15 is 0 Å². The Morgan fingerprint density at radius 3 is 2.12 bits per heavy atom. The summed E-state index contributed by atoms with van der Waals surface area (Å²) in [6.07, 6.45) is 0. The molecule has 0 saturated carbocycles. The number of aryl methyl sites for hydroxylation is 3. The van der Waals surface area contributed by atoms with Gasteiger partial charge in [-0.05, 0) is 50.6 Å². The van der Waals surface area contributed by atoms with Crippen molar-refractivity contribution in [2.24, 2.45) is 0 Å². The minimum atomic E-state index is -3.60. The Bertz CT molecular complexity index is 1130. The lowest BCUT2D eigenvalue weighted by Gasteiger charge is -2.34. The topological polar surface area (TPSA) is 90.0 Å². The van der Waals surface area contributed by atoms with E-state index in [1.807, 2.05) is 41.8 Å². The molecule has 0 spiro atoms. The minimum absolute atomic E-state index is 0.0141. The van der Waals surface area contributed by atoms with Crippen LogP contribution in [0.4, 0.5) is 5.69 Å². The molecule has 178 valence electrons. The molecule has 2 aromatic rings. The lowest BCUT2D eigenvalue weighted by molar-refractivity contribution is -0.117. The number of hydrogen-bond acceptors (Lipinski definition) is 5. The van der Waals surface area contributed by atoms with E-state index in [1.54, 1.807) is 19.1 Å². The van der Waals surface area contributed by atoms with Gasteiger partial charge in [-0.1, -0.05) is 23.3 Å². The van der Waals surface area contributed by atoms with Crippen LogP contribution in [-0.4, -0.2) is 81.2 Å². The van der Waals surface area contributed by atoms with E-state index in [0.29, 0.717) is 43.0 Å². The highest BCUT2D eigenvalue weighted by Crippen LogP contribution is 2.22. The fraction of sp³-hybridized carbons (Fsp3) is 0.417. The number of carbonyl (C=O) groups is 2. The van der Waals surface area contributed by atoms with Crippen molar-refractivity contribution in [2.75, 3.05) is 52.1 Å². The molecule has 8 nitrogen and oxygen atoms in total. The first-order valence-electron chi connectivity index (χ1n) is 10.9. The van der Waals surface area contributed by atoms with Crippen molar-refractivity contribution in [3.8, 4) is 0 Å². The highest BCUT2D eigenvalue weighted by molar-refractivity contribution is 7.89.